The number of nitrogens with two attached hydrogens (primary N) is 1. The van der Waals surface area contributed by atoms with Gasteiger partial charge in [-0.2, -0.15) is 4.52 Å². The van der Waals surface area contributed by atoms with Crippen LogP contribution in [0.15, 0.2) is 4.79 Å². The third kappa shape index (κ3) is 3.44. The standard InChI is InChI=1S/C16H23N5O3.ClH/c1-8-11(17)19-21-13(8)20(7-16(2,3)4)14(23)10(15(21)24)12(22)18-9-5-6-9;/h9,23H,5-7H2,1-4H3,(H2,17,19)(H,18,22);1H. The number of nitrogens with one attached hydrogen (secondary N) is 1. The largest absolute Gasteiger partial charge is 0.494 e. The van der Waals surface area contributed by atoms with Gasteiger partial charge in [-0.15, -0.1) is 17.5 Å². The van der Waals surface area contributed by atoms with E-state index in [-0.39, 0.29) is 41.1 Å². The van der Waals surface area contributed by atoms with E-state index in [2.05, 4.69) is 10.4 Å². The summed E-state index contributed by atoms with van der Waals surface area (Å²) >= 11 is 0. The number of nitrogens with zero attached hydrogens (tertiary/aromatic N) is 3. The molecule has 2 aromatic heterocycles. The first kappa shape index (κ1) is 19.1. The van der Waals surface area contributed by atoms with E-state index in [9.17, 15) is 14.7 Å². The summed E-state index contributed by atoms with van der Waals surface area (Å²) in [6, 6.07) is 0.0764. The number of fused-ring (bicyclic) bond motifs is 1. The van der Waals surface area contributed by atoms with E-state index in [1.807, 2.05) is 20.8 Å². The van der Waals surface area contributed by atoms with Gasteiger partial charge in [0.15, 0.2) is 11.4 Å². The molecule has 2 heterocycles. The smallest absolute Gasteiger partial charge is 0.291 e. The summed E-state index contributed by atoms with van der Waals surface area (Å²) < 4.78 is 2.65. The number of aromatic nitrogens is 3. The Kier molecular flexibility index (Phi) is 4.78. The van der Waals surface area contributed by atoms with Crippen LogP contribution >= 0.6 is 12.4 Å². The molecule has 0 bridgehead atoms. The molecule has 2 aromatic rings. The minimum absolute atomic E-state index is 0. The molecule has 4 N–H and O–H groups in total. The van der Waals surface area contributed by atoms with Crippen LogP contribution in [0.4, 0.5) is 5.82 Å². The second kappa shape index (κ2) is 6.25. The van der Waals surface area contributed by atoms with Gasteiger partial charge in [-0.1, -0.05) is 20.8 Å². The molecule has 25 heavy (non-hydrogen) atoms. The molecule has 0 spiro atoms. The van der Waals surface area contributed by atoms with Crippen molar-refractivity contribution in [3.63, 3.8) is 0 Å². The van der Waals surface area contributed by atoms with Gasteiger partial charge in [0.25, 0.3) is 11.5 Å². The molecular weight excluding hydrogens is 346 g/mol. The number of carbonyl (C=O) groups is 1. The van der Waals surface area contributed by atoms with Crippen LogP contribution in [0.5, 0.6) is 5.88 Å². The lowest BCUT2D eigenvalue weighted by Gasteiger charge is -2.23. The minimum Gasteiger partial charge on any atom is -0.494 e. The Bertz CT molecular complexity index is 890. The molecule has 0 aliphatic heterocycles. The minimum atomic E-state index is -0.661. The Labute approximate surface area is 151 Å². The average Bonchev–Trinajstić information content (AvgIpc) is 3.20. The van der Waals surface area contributed by atoms with E-state index < -0.39 is 11.5 Å². The lowest BCUT2D eigenvalue weighted by molar-refractivity contribution is 0.0944. The molecule has 0 unspecified atom stereocenters. The topological polar surface area (TPSA) is 115 Å². The summed E-state index contributed by atoms with van der Waals surface area (Å²) in [6.07, 6.45) is 1.78. The van der Waals surface area contributed by atoms with Crippen LogP contribution in [0.1, 0.15) is 49.5 Å². The number of halogens is 1. The van der Waals surface area contributed by atoms with Crippen molar-refractivity contribution in [2.75, 3.05) is 5.73 Å². The molecule has 1 aliphatic rings. The van der Waals surface area contributed by atoms with Crippen molar-refractivity contribution in [2.24, 2.45) is 5.41 Å². The van der Waals surface area contributed by atoms with E-state index in [4.69, 9.17) is 5.73 Å². The summed E-state index contributed by atoms with van der Waals surface area (Å²) in [5.74, 6) is -0.714. The van der Waals surface area contributed by atoms with Crippen LogP contribution in [0.3, 0.4) is 0 Å². The van der Waals surface area contributed by atoms with E-state index in [1.165, 1.54) is 0 Å². The Morgan fingerprint density at radius 3 is 2.52 bits per heavy atom. The van der Waals surface area contributed by atoms with Gasteiger partial charge in [-0.3, -0.25) is 14.2 Å². The molecule has 9 heteroatoms. The van der Waals surface area contributed by atoms with E-state index in [1.54, 1.807) is 11.5 Å². The fourth-order valence-electron chi connectivity index (χ4n) is 2.71. The molecular formula is C16H24ClN5O3. The number of aromatic hydroxyl groups is 1. The normalized spacial score (nSPS) is 14.4. The molecule has 1 fully saturated rings. The summed E-state index contributed by atoms with van der Waals surface area (Å²) in [4.78, 5) is 25.1. The van der Waals surface area contributed by atoms with Crippen LogP contribution < -0.4 is 16.6 Å². The van der Waals surface area contributed by atoms with Crippen molar-refractivity contribution >= 4 is 29.8 Å². The van der Waals surface area contributed by atoms with Crippen LogP contribution in [0.2, 0.25) is 0 Å². The number of carbonyl (C=O) groups excluding carboxylic acids is 1. The van der Waals surface area contributed by atoms with Gasteiger partial charge in [-0.05, 0) is 25.2 Å². The average molecular weight is 370 g/mol. The fraction of sp³-hybridized carbons (Fsp3) is 0.562. The molecule has 1 saturated carbocycles. The second-order valence-corrected chi connectivity index (χ2v) is 7.64. The van der Waals surface area contributed by atoms with Gasteiger partial charge in [0.1, 0.15) is 5.65 Å². The van der Waals surface area contributed by atoms with E-state index in [0.717, 1.165) is 17.4 Å². The predicted octanol–water partition coefficient (Wildman–Crippen LogP) is 1.45. The number of rotatable bonds is 3. The summed E-state index contributed by atoms with van der Waals surface area (Å²) in [7, 11) is 0. The van der Waals surface area contributed by atoms with Gasteiger partial charge in [0, 0.05) is 18.2 Å². The zero-order valence-corrected chi connectivity index (χ0v) is 15.6. The monoisotopic (exact) mass is 369 g/mol. The number of aryl methyl sites for hydroxylation is 1. The van der Waals surface area contributed by atoms with Crippen LogP contribution in [-0.2, 0) is 6.54 Å². The van der Waals surface area contributed by atoms with Crippen LogP contribution in [-0.4, -0.2) is 31.2 Å². The molecule has 8 nitrogen and oxygen atoms in total. The van der Waals surface area contributed by atoms with Crippen molar-refractivity contribution < 1.29 is 9.90 Å². The van der Waals surface area contributed by atoms with Crippen molar-refractivity contribution in [1.82, 2.24) is 19.5 Å². The Morgan fingerprint density at radius 2 is 2.00 bits per heavy atom. The van der Waals surface area contributed by atoms with E-state index in [0.29, 0.717) is 17.8 Å². The highest BCUT2D eigenvalue weighted by Gasteiger charge is 2.30. The van der Waals surface area contributed by atoms with Crippen LogP contribution in [0, 0.1) is 12.3 Å². The molecule has 1 amide bonds. The second-order valence-electron chi connectivity index (χ2n) is 7.64. The maximum absolute atomic E-state index is 12.7. The number of anilines is 1. The Hall–Kier alpha value is -2.22. The SMILES string of the molecule is Cc1c(N)nn2c(=O)c(C(=O)NC3CC3)c(O)n(CC(C)(C)C)c12.Cl. The summed E-state index contributed by atoms with van der Waals surface area (Å²) in [5, 5.41) is 17.5. The van der Waals surface area contributed by atoms with Gasteiger partial charge >= 0.3 is 0 Å². The highest BCUT2D eigenvalue weighted by Crippen LogP contribution is 2.28. The lowest BCUT2D eigenvalue weighted by Crippen LogP contribution is -2.35. The Morgan fingerprint density at radius 1 is 1.40 bits per heavy atom. The quantitative estimate of drug-likeness (QED) is 0.757. The molecule has 0 radical (unpaired) electrons. The van der Waals surface area contributed by atoms with Crippen molar-refractivity contribution in [2.45, 2.75) is 53.1 Å². The summed E-state index contributed by atoms with van der Waals surface area (Å²) in [5.41, 5.74) is 5.72. The lowest BCUT2D eigenvalue weighted by atomic mass is 9.96. The van der Waals surface area contributed by atoms with Crippen molar-refractivity contribution in [3.05, 3.63) is 21.5 Å². The zero-order valence-electron chi connectivity index (χ0n) is 14.8. The van der Waals surface area contributed by atoms with Crippen molar-refractivity contribution in [1.29, 1.82) is 0 Å². The number of amides is 1. The van der Waals surface area contributed by atoms with Gasteiger partial charge in [-0.25, -0.2) is 0 Å². The first-order chi connectivity index (χ1) is 11.1. The van der Waals surface area contributed by atoms with Gasteiger partial charge in [0.2, 0.25) is 5.88 Å². The molecule has 138 valence electrons. The van der Waals surface area contributed by atoms with Crippen LogP contribution in [0.25, 0.3) is 5.65 Å². The fourth-order valence-corrected chi connectivity index (χ4v) is 2.71. The number of hydrogen-bond acceptors (Lipinski definition) is 5. The number of nitrogen functional groups attached to an aromatic ring is 1. The van der Waals surface area contributed by atoms with Gasteiger partial charge < -0.3 is 16.2 Å². The first-order valence-corrected chi connectivity index (χ1v) is 8.01. The third-order valence-electron chi connectivity index (χ3n) is 4.04. The van der Waals surface area contributed by atoms with E-state index >= 15 is 0 Å². The zero-order chi connectivity index (χ0) is 17.8. The summed E-state index contributed by atoms with van der Waals surface area (Å²) in [6.45, 7) is 8.14. The molecule has 3 rings (SSSR count). The highest BCUT2D eigenvalue weighted by atomic mass is 35.5. The molecule has 0 aromatic carbocycles. The highest BCUT2D eigenvalue weighted by molar-refractivity contribution is 5.96. The first-order valence-electron chi connectivity index (χ1n) is 8.01. The maximum atomic E-state index is 12.7. The molecule has 1 aliphatic carbocycles. The third-order valence-corrected chi connectivity index (χ3v) is 4.04. The molecule has 0 saturated heterocycles. The molecule has 0 atom stereocenters. The predicted molar refractivity (Wildman–Crippen MR) is 97.5 cm³/mol. The maximum Gasteiger partial charge on any atom is 0.291 e. The van der Waals surface area contributed by atoms with Crippen molar-refractivity contribution in [3.8, 4) is 5.88 Å². The number of hydrogen-bond donors (Lipinski definition) is 3. The Balaban J connectivity index is 0.00000225. The van der Waals surface area contributed by atoms with Gasteiger partial charge in [0.05, 0.1) is 0 Å².